The van der Waals surface area contributed by atoms with E-state index in [9.17, 15) is 9.59 Å². The average Bonchev–Trinajstić information content (AvgIpc) is 2.56. The van der Waals surface area contributed by atoms with Crippen molar-refractivity contribution in [1.82, 2.24) is 16.0 Å². The highest BCUT2D eigenvalue weighted by Gasteiger charge is 2.20. The summed E-state index contributed by atoms with van der Waals surface area (Å²) in [5.74, 6) is -0.330. The van der Waals surface area contributed by atoms with Crippen LogP contribution >= 0.6 is 11.6 Å². The number of imide groups is 1. The van der Waals surface area contributed by atoms with E-state index in [1.165, 1.54) is 6.42 Å². The lowest BCUT2D eigenvalue weighted by Crippen LogP contribution is -2.50. The van der Waals surface area contributed by atoms with Gasteiger partial charge in [-0.25, -0.2) is 4.79 Å². The van der Waals surface area contributed by atoms with Crippen molar-refractivity contribution in [2.45, 2.75) is 64.1 Å². The minimum atomic E-state index is -0.479. The van der Waals surface area contributed by atoms with Gasteiger partial charge in [-0.3, -0.25) is 15.4 Å². The number of hydrogen-bond donors (Lipinski definition) is 3. The van der Waals surface area contributed by atoms with Crippen LogP contribution in [0, 0.1) is 0 Å². The van der Waals surface area contributed by atoms with Crippen LogP contribution in [0.25, 0.3) is 0 Å². The number of benzene rings is 1. The molecule has 1 aromatic rings. The summed E-state index contributed by atoms with van der Waals surface area (Å²) in [5, 5.41) is 9.17. The molecule has 0 radical (unpaired) electrons. The minimum Gasteiger partial charge on any atom is -0.335 e. The molecule has 0 aliphatic heterocycles. The van der Waals surface area contributed by atoms with E-state index in [1.54, 1.807) is 6.92 Å². The number of hydrogen-bond acceptors (Lipinski definition) is 3. The Kier molecular flexibility index (Phi) is 7.06. The molecule has 1 aliphatic carbocycles. The summed E-state index contributed by atoms with van der Waals surface area (Å²) in [6, 6.07) is 6.75. The summed E-state index contributed by atoms with van der Waals surface area (Å²) >= 11 is 5.88. The summed E-state index contributed by atoms with van der Waals surface area (Å²) < 4.78 is 0. The quantitative estimate of drug-likeness (QED) is 0.760. The number of rotatable bonds is 5. The van der Waals surface area contributed by atoms with Crippen LogP contribution in [0.3, 0.4) is 0 Å². The van der Waals surface area contributed by atoms with Crippen LogP contribution in [0.4, 0.5) is 4.79 Å². The average molecular weight is 352 g/mol. The second-order valence-corrected chi connectivity index (χ2v) is 6.90. The number of amides is 3. The van der Waals surface area contributed by atoms with Gasteiger partial charge in [-0.15, -0.1) is 0 Å². The maximum atomic E-state index is 12.2. The minimum absolute atomic E-state index is 0.0237. The third kappa shape index (κ3) is 5.80. The second kappa shape index (κ2) is 9.04. The lowest BCUT2D eigenvalue weighted by Gasteiger charge is -2.24. The zero-order valence-electron chi connectivity index (χ0n) is 14.3. The van der Waals surface area contributed by atoms with Gasteiger partial charge in [0.15, 0.2) is 0 Å². The van der Waals surface area contributed by atoms with Gasteiger partial charge in [-0.05, 0) is 44.4 Å². The molecule has 0 bridgehead atoms. The number of nitrogens with one attached hydrogen (secondary N) is 3. The molecule has 1 saturated carbocycles. The highest BCUT2D eigenvalue weighted by molar-refractivity contribution is 6.30. The topological polar surface area (TPSA) is 70.2 Å². The molecule has 0 saturated heterocycles. The number of urea groups is 1. The summed E-state index contributed by atoms with van der Waals surface area (Å²) in [7, 11) is 0. The predicted octanol–water partition coefficient (Wildman–Crippen LogP) is 3.54. The molecule has 0 unspecified atom stereocenters. The molecule has 24 heavy (non-hydrogen) atoms. The Morgan fingerprint density at radius 1 is 1.08 bits per heavy atom. The molecular weight excluding hydrogens is 326 g/mol. The van der Waals surface area contributed by atoms with E-state index < -0.39 is 12.1 Å². The highest BCUT2D eigenvalue weighted by Crippen LogP contribution is 2.17. The van der Waals surface area contributed by atoms with Crippen molar-refractivity contribution in [3.05, 3.63) is 34.9 Å². The van der Waals surface area contributed by atoms with Gasteiger partial charge in [-0.1, -0.05) is 43.0 Å². The summed E-state index contributed by atoms with van der Waals surface area (Å²) in [6.07, 6.45) is 5.47. The molecule has 1 fully saturated rings. The Morgan fingerprint density at radius 2 is 1.71 bits per heavy atom. The zero-order valence-corrected chi connectivity index (χ0v) is 15.0. The van der Waals surface area contributed by atoms with Gasteiger partial charge in [0.1, 0.15) is 0 Å². The number of carbonyl (C=O) groups excluding carboxylic acids is 2. The van der Waals surface area contributed by atoms with E-state index >= 15 is 0 Å². The van der Waals surface area contributed by atoms with Crippen LogP contribution in [-0.4, -0.2) is 24.0 Å². The van der Waals surface area contributed by atoms with Crippen LogP contribution in [0.5, 0.6) is 0 Å². The zero-order chi connectivity index (χ0) is 17.5. The van der Waals surface area contributed by atoms with Gasteiger partial charge in [0, 0.05) is 17.1 Å². The molecule has 1 aliphatic rings. The van der Waals surface area contributed by atoms with Crippen molar-refractivity contribution in [3.63, 3.8) is 0 Å². The van der Waals surface area contributed by atoms with Crippen molar-refractivity contribution < 1.29 is 9.59 Å². The van der Waals surface area contributed by atoms with Crippen molar-refractivity contribution in [1.29, 1.82) is 0 Å². The number of carbonyl (C=O) groups is 2. The third-order valence-corrected chi connectivity index (χ3v) is 4.69. The van der Waals surface area contributed by atoms with Crippen LogP contribution < -0.4 is 16.0 Å². The van der Waals surface area contributed by atoms with Crippen LogP contribution in [0.1, 0.15) is 57.6 Å². The van der Waals surface area contributed by atoms with E-state index in [1.807, 2.05) is 31.2 Å². The fraction of sp³-hybridized carbons (Fsp3) is 0.556. The third-order valence-electron chi connectivity index (χ3n) is 4.44. The van der Waals surface area contributed by atoms with Crippen LogP contribution in [0.15, 0.2) is 24.3 Å². The van der Waals surface area contributed by atoms with Crippen LogP contribution in [-0.2, 0) is 4.79 Å². The molecule has 0 spiro atoms. The summed E-state index contributed by atoms with van der Waals surface area (Å²) in [5.41, 5.74) is 1.03. The molecule has 3 N–H and O–H groups in total. The van der Waals surface area contributed by atoms with Gasteiger partial charge in [-0.2, -0.15) is 0 Å². The lowest BCUT2D eigenvalue weighted by atomic mass is 9.96. The number of halogens is 1. The molecule has 2 rings (SSSR count). The van der Waals surface area contributed by atoms with Gasteiger partial charge in [0.2, 0.25) is 5.91 Å². The molecule has 2 atom stereocenters. The lowest BCUT2D eigenvalue weighted by molar-refractivity contribution is -0.121. The molecular formula is C18H26ClN3O2. The summed E-state index contributed by atoms with van der Waals surface area (Å²) in [6.45, 7) is 3.71. The molecule has 5 nitrogen and oxygen atoms in total. The first-order chi connectivity index (χ1) is 11.5. The van der Waals surface area contributed by atoms with Crippen molar-refractivity contribution in [3.8, 4) is 0 Å². The van der Waals surface area contributed by atoms with Crippen molar-refractivity contribution in [2.24, 2.45) is 0 Å². The molecule has 132 valence electrons. The van der Waals surface area contributed by atoms with E-state index in [0.717, 1.165) is 31.2 Å². The Labute approximate surface area is 148 Å². The van der Waals surface area contributed by atoms with Gasteiger partial charge in [0.05, 0.1) is 6.04 Å². The maximum Gasteiger partial charge on any atom is 0.321 e. The predicted molar refractivity (Wildman–Crippen MR) is 96.0 cm³/mol. The van der Waals surface area contributed by atoms with E-state index in [4.69, 9.17) is 11.6 Å². The van der Waals surface area contributed by atoms with E-state index in [-0.39, 0.29) is 18.0 Å². The standard InChI is InChI=1S/C18H26ClN3O2/c1-12(14-8-10-15(19)11-9-14)20-13(2)17(23)22-18(24)21-16-6-4-3-5-7-16/h8-13,16,20H,3-7H2,1-2H3,(H2,21,22,23,24)/t12-,13-/m1/s1. The van der Waals surface area contributed by atoms with Gasteiger partial charge < -0.3 is 5.32 Å². The molecule has 0 heterocycles. The second-order valence-electron chi connectivity index (χ2n) is 6.46. The van der Waals surface area contributed by atoms with Gasteiger partial charge >= 0.3 is 6.03 Å². The largest absolute Gasteiger partial charge is 0.335 e. The fourth-order valence-electron chi connectivity index (χ4n) is 2.99. The van der Waals surface area contributed by atoms with E-state index in [0.29, 0.717) is 5.02 Å². The van der Waals surface area contributed by atoms with Crippen molar-refractivity contribution >= 4 is 23.5 Å². The van der Waals surface area contributed by atoms with Crippen molar-refractivity contribution in [2.75, 3.05) is 0 Å². The molecule has 0 aromatic heterocycles. The Bertz CT molecular complexity index is 556. The monoisotopic (exact) mass is 351 g/mol. The summed E-state index contributed by atoms with van der Waals surface area (Å²) in [4.78, 5) is 24.1. The Hall–Kier alpha value is -1.59. The Balaban J connectivity index is 1.78. The molecule has 1 aromatic carbocycles. The first-order valence-electron chi connectivity index (χ1n) is 8.58. The SMILES string of the molecule is C[C@@H](N[C@H](C)c1ccc(Cl)cc1)C(=O)NC(=O)NC1CCCCC1. The van der Waals surface area contributed by atoms with Gasteiger partial charge in [0.25, 0.3) is 0 Å². The Morgan fingerprint density at radius 3 is 2.33 bits per heavy atom. The van der Waals surface area contributed by atoms with Crippen LogP contribution in [0.2, 0.25) is 5.02 Å². The fourth-order valence-corrected chi connectivity index (χ4v) is 3.11. The maximum absolute atomic E-state index is 12.2. The normalized spacial score (nSPS) is 17.8. The van der Waals surface area contributed by atoms with E-state index in [2.05, 4.69) is 16.0 Å². The first kappa shape index (κ1) is 18.7. The first-order valence-corrected chi connectivity index (χ1v) is 8.96. The highest BCUT2D eigenvalue weighted by atomic mass is 35.5. The molecule has 6 heteroatoms. The molecule has 3 amide bonds. The smallest absolute Gasteiger partial charge is 0.321 e.